The summed E-state index contributed by atoms with van der Waals surface area (Å²) in [5, 5.41) is 11.0. The summed E-state index contributed by atoms with van der Waals surface area (Å²) in [7, 11) is 3.75. The van der Waals surface area contributed by atoms with Gasteiger partial charge in [-0.2, -0.15) is 0 Å². The second-order valence-corrected chi connectivity index (χ2v) is 13.5. The molecule has 1 spiro atoms. The fraction of sp³-hybridized carbons (Fsp3) is 0.440. The first kappa shape index (κ1) is 26.1. The van der Waals surface area contributed by atoms with E-state index in [2.05, 4.69) is 24.1 Å². The van der Waals surface area contributed by atoms with Crippen LogP contribution in [0.15, 0.2) is 48.6 Å². The van der Waals surface area contributed by atoms with Crippen molar-refractivity contribution in [2.45, 2.75) is 37.0 Å². The highest BCUT2D eigenvalue weighted by atomic mass is 32.7. The molecule has 5 rings (SSSR count). The molecule has 2 aromatic carbocycles. The average Bonchev–Trinajstić information content (AvgIpc) is 3.14. The van der Waals surface area contributed by atoms with Crippen LogP contribution in [0.4, 0.5) is 5.69 Å². The molecule has 0 saturated heterocycles. The Balaban J connectivity index is 1.41. The Morgan fingerprint density at radius 1 is 1.30 bits per heavy atom. The van der Waals surface area contributed by atoms with Crippen LogP contribution in [0, 0.1) is 10.1 Å². The molecule has 198 valence electrons. The van der Waals surface area contributed by atoms with Gasteiger partial charge >= 0.3 is 6.80 Å². The molecule has 2 unspecified atom stereocenters. The van der Waals surface area contributed by atoms with Crippen LogP contribution >= 0.6 is 18.2 Å². The topological polar surface area (TPSA) is 126 Å². The summed E-state index contributed by atoms with van der Waals surface area (Å²) < 4.78 is 37.8. The molecule has 2 aromatic rings. The van der Waals surface area contributed by atoms with Crippen molar-refractivity contribution in [2.24, 2.45) is 5.73 Å². The number of rotatable bonds is 9. The lowest BCUT2D eigenvalue weighted by molar-refractivity contribution is -0.384. The Kier molecular flexibility index (Phi) is 7.26. The van der Waals surface area contributed by atoms with Gasteiger partial charge in [-0.25, -0.2) is 4.57 Å². The van der Waals surface area contributed by atoms with Crippen LogP contribution in [0.5, 0.6) is 17.2 Å². The number of nitro groups is 1. The van der Waals surface area contributed by atoms with Crippen LogP contribution in [-0.2, 0) is 21.0 Å². The Labute approximate surface area is 219 Å². The first-order valence-corrected chi connectivity index (χ1v) is 15.2. The molecule has 12 heteroatoms. The summed E-state index contributed by atoms with van der Waals surface area (Å²) in [6, 6.07) is 9.49. The molecule has 37 heavy (non-hydrogen) atoms. The predicted octanol–water partition coefficient (Wildman–Crippen LogP) is 4.66. The van der Waals surface area contributed by atoms with Crippen molar-refractivity contribution in [3.05, 3.63) is 69.8 Å². The Bertz CT molecular complexity index is 1260. The zero-order chi connectivity index (χ0) is 26.2. The number of nitro benzene ring substituents is 1. The maximum Gasteiger partial charge on any atom is 0.440 e. The van der Waals surface area contributed by atoms with Gasteiger partial charge in [-0.05, 0) is 55.2 Å². The fourth-order valence-corrected chi connectivity index (χ4v) is 8.58. The van der Waals surface area contributed by atoms with E-state index in [1.54, 1.807) is 7.11 Å². The second-order valence-electron chi connectivity index (χ2n) is 9.42. The van der Waals surface area contributed by atoms with E-state index in [0.717, 1.165) is 36.6 Å². The molecule has 3 aliphatic rings. The molecular formula is C25H30N3O7PS. The van der Waals surface area contributed by atoms with Crippen LogP contribution in [0.1, 0.15) is 24.0 Å². The van der Waals surface area contributed by atoms with E-state index < -0.39 is 17.8 Å². The van der Waals surface area contributed by atoms with Gasteiger partial charge in [0.2, 0.25) is 0 Å². The SMILES string of the molecule is COc1ccc2c3c1O[C@@H]1CC(OP(=O)(Oc4ccc([N+](=O)[O-])cc4)SCCN)C=C[C@]31CCN(C)C2. The first-order chi connectivity index (χ1) is 17.8. The maximum atomic E-state index is 13.8. The molecule has 0 amide bonds. The van der Waals surface area contributed by atoms with Crippen molar-refractivity contribution in [1.29, 1.82) is 0 Å². The van der Waals surface area contributed by atoms with Crippen molar-refractivity contribution in [3.8, 4) is 17.2 Å². The maximum absolute atomic E-state index is 13.8. The average molecular weight is 548 g/mol. The van der Waals surface area contributed by atoms with Gasteiger partial charge in [0, 0.05) is 43.0 Å². The van der Waals surface area contributed by atoms with Crippen molar-refractivity contribution >= 4 is 23.9 Å². The van der Waals surface area contributed by atoms with E-state index in [1.807, 2.05) is 12.1 Å². The molecule has 2 heterocycles. The highest BCUT2D eigenvalue weighted by molar-refractivity contribution is 8.55. The van der Waals surface area contributed by atoms with Gasteiger partial charge in [0.05, 0.1) is 23.6 Å². The minimum Gasteiger partial charge on any atom is -0.493 e. The molecule has 0 fully saturated rings. The summed E-state index contributed by atoms with van der Waals surface area (Å²) >= 11 is 1.01. The molecule has 10 nitrogen and oxygen atoms in total. The third-order valence-corrected chi connectivity index (χ3v) is 10.7. The molecular weight excluding hydrogens is 517 g/mol. The first-order valence-electron chi connectivity index (χ1n) is 12.1. The summed E-state index contributed by atoms with van der Waals surface area (Å²) in [5.74, 6) is 2.06. The van der Waals surface area contributed by atoms with Gasteiger partial charge in [-0.15, -0.1) is 0 Å². The van der Waals surface area contributed by atoms with E-state index in [0.29, 0.717) is 24.5 Å². The third kappa shape index (κ3) is 4.98. The molecule has 1 aliphatic carbocycles. The highest BCUT2D eigenvalue weighted by Crippen LogP contribution is 2.63. The zero-order valence-corrected chi connectivity index (χ0v) is 22.4. The smallest absolute Gasteiger partial charge is 0.440 e. The molecule has 2 aliphatic heterocycles. The lowest BCUT2D eigenvalue weighted by Crippen LogP contribution is -2.43. The van der Waals surface area contributed by atoms with E-state index >= 15 is 0 Å². The third-order valence-electron chi connectivity index (χ3n) is 7.03. The molecule has 0 saturated carbocycles. The van der Waals surface area contributed by atoms with Crippen molar-refractivity contribution in [3.63, 3.8) is 0 Å². The number of non-ortho nitro benzene ring substituents is 1. The monoisotopic (exact) mass is 547 g/mol. The Morgan fingerprint density at radius 2 is 2.08 bits per heavy atom. The van der Waals surface area contributed by atoms with E-state index in [1.165, 1.54) is 35.4 Å². The lowest BCUT2D eigenvalue weighted by Gasteiger charge is -2.37. The van der Waals surface area contributed by atoms with Crippen LogP contribution in [0.25, 0.3) is 0 Å². The van der Waals surface area contributed by atoms with Crippen molar-refractivity contribution in [1.82, 2.24) is 4.90 Å². The Hall–Kier alpha value is -2.56. The van der Waals surface area contributed by atoms with E-state index in [9.17, 15) is 14.7 Å². The number of nitrogens with two attached hydrogens (primary N) is 1. The van der Waals surface area contributed by atoms with Gasteiger partial charge in [0.25, 0.3) is 5.69 Å². The number of hydrogen-bond donors (Lipinski definition) is 1. The number of hydrogen-bond acceptors (Lipinski definition) is 10. The lowest BCUT2D eigenvalue weighted by atomic mass is 9.69. The Morgan fingerprint density at radius 3 is 2.78 bits per heavy atom. The van der Waals surface area contributed by atoms with E-state index in [4.69, 9.17) is 24.3 Å². The van der Waals surface area contributed by atoms with Crippen LogP contribution in [0.3, 0.4) is 0 Å². The quantitative estimate of drug-likeness (QED) is 0.205. The molecule has 0 bridgehead atoms. The van der Waals surface area contributed by atoms with Crippen LogP contribution in [-0.4, -0.2) is 55.0 Å². The predicted molar refractivity (Wildman–Crippen MR) is 142 cm³/mol. The van der Waals surface area contributed by atoms with Crippen molar-refractivity contribution < 1.29 is 28.0 Å². The second kappa shape index (κ2) is 10.3. The van der Waals surface area contributed by atoms with E-state index in [-0.39, 0.29) is 23.0 Å². The molecule has 0 radical (unpaired) electrons. The summed E-state index contributed by atoms with van der Waals surface area (Å²) in [6.07, 6.45) is 4.72. The minimum atomic E-state index is -3.71. The molecule has 2 N–H and O–H groups in total. The fourth-order valence-electron chi connectivity index (χ4n) is 5.31. The van der Waals surface area contributed by atoms with Gasteiger partial charge in [0.1, 0.15) is 11.9 Å². The van der Waals surface area contributed by atoms with Crippen LogP contribution in [0.2, 0.25) is 0 Å². The van der Waals surface area contributed by atoms with Gasteiger partial charge in [-0.1, -0.05) is 18.2 Å². The number of methoxy groups -OCH3 is 1. The normalized spacial score (nSPS) is 25.8. The largest absolute Gasteiger partial charge is 0.493 e. The van der Waals surface area contributed by atoms with Crippen LogP contribution < -0.4 is 19.7 Å². The highest BCUT2D eigenvalue weighted by Gasteiger charge is 2.53. The van der Waals surface area contributed by atoms with Gasteiger partial charge in [0.15, 0.2) is 11.5 Å². The summed E-state index contributed by atoms with van der Waals surface area (Å²) in [4.78, 5) is 12.8. The standard InChI is InChI=1S/C25H30N3O7PS/c1-27-13-11-25-10-9-20(15-22(25)33-24-21(32-2)8-3-17(16-27)23(24)25)35-36(31,37-14-12-26)34-19-6-4-18(5-7-19)28(29)30/h3-10,20,22H,11-16,26H2,1-2H3/t20?,22-,25-,36?/m1/s1. The van der Waals surface area contributed by atoms with Crippen molar-refractivity contribution in [2.75, 3.05) is 33.0 Å². The number of benzene rings is 2. The van der Waals surface area contributed by atoms with Gasteiger partial charge in [-0.3, -0.25) is 14.6 Å². The summed E-state index contributed by atoms with van der Waals surface area (Å²) in [5.41, 5.74) is 7.64. The number of nitrogens with zero attached hydrogens (tertiary/aromatic N) is 2. The van der Waals surface area contributed by atoms with Gasteiger partial charge < -0.3 is 24.6 Å². The minimum absolute atomic E-state index is 0.0833. The summed E-state index contributed by atoms with van der Waals surface area (Å²) in [6.45, 7) is -1.69. The zero-order valence-electron chi connectivity index (χ0n) is 20.7. The number of ether oxygens (including phenoxy) is 2. The molecule has 0 aromatic heterocycles. The molecule has 4 atom stereocenters.